The molecule has 3 aromatic rings. The quantitative estimate of drug-likeness (QED) is 0.371. The molecule has 4 heterocycles. The Labute approximate surface area is 245 Å². The SMILES string of the molecule is CC(=O)N[C@@](c1ccc(F)c(F)c1)(c1ccc(CN2CC3(C2)CN(c2cncc(F)c2)C3)cn1)C(F)F.O=C(O)C(F)(F)F. The molecular formula is C28H25F8N5O3. The van der Waals surface area contributed by atoms with E-state index in [1.165, 1.54) is 24.5 Å². The van der Waals surface area contributed by atoms with Gasteiger partial charge in [0.15, 0.2) is 17.2 Å². The van der Waals surface area contributed by atoms with E-state index in [1.54, 1.807) is 12.3 Å². The average Bonchev–Trinajstić information content (AvgIpc) is 2.89. The highest BCUT2D eigenvalue weighted by atomic mass is 19.4. The van der Waals surface area contributed by atoms with Crippen molar-refractivity contribution in [1.82, 2.24) is 20.2 Å². The number of carbonyl (C=O) groups is 2. The van der Waals surface area contributed by atoms with E-state index in [0.29, 0.717) is 12.6 Å². The number of carboxylic acids is 1. The second-order valence-corrected chi connectivity index (χ2v) is 10.6. The van der Waals surface area contributed by atoms with E-state index in [4.69, 9.17) is 9.90 Å². The van der Waals surface area contributed by atoms with Crippen LogP contribution in [0, 0.1) is 22.9 Å². The summed E-state index contributed by atoms with van der Waals surface area (Å²) >= 11 is 0. The molecule has 0 radical (unpaired) electrons. The zero-order valence-electron chi connectivity index (χ0n) is 22.9. The smallest absolute Gasteiger partial charge is 0.475 e. The molecule has 2 aliphatic heterocycles. The van der Waals surface area contributed by atoms with Crippen molar-refractivity contribution in [3.8, 4) is 0 Å². The maximum atomic E-state index is 14.5. The highest BCUT2D eigenvalue weighted by Gasteiger charge is 2.52. The Balaban J connectivity index is 0.000000566. The van der Waals surface area contributed by atoms with Gasteiger partial charge < -0.3 is 15.3 Å². The number of hydrogen-bond acceptors (Lipinski definition) is 6. The van der Waals surface area contributed by atoms with Crippen molar-refractivity contribution >= 4 is 17.6 Å². The van der Waals surface area contributed by atoms with E-state index in [2.05, 4.69) is 25.1 Å². The van der Waals surface area contributed by atoms with E-state index in [1.807, 2.05) is 0 Å². The lowest BCUT2D eigenvalue weighted by Crippen LogP contribution is -2.72. The Hall–Kier alpha value is -4.34. The van der Waals surface area contributed by atoms with E-state index in [9.17, 15) is 39.9 Å². The number of nitrogens with zero attached hydrogens (tertiary/aromatic N) is 4. The third-order valence-corrected chi connectivity index (χ3v) is 7.18. The number of rotatable bonds is 7. The van der Waals surface area contributed by atoms with Crippen LogP contribution in [0.3, 0.4) is 0 Å². The van der Waals surface area contributed by atoms with Crippen LogP contribution in [0.5, 0.6) is 0 Å². The largest absolute Gasteiger partial charge is 0.490 e. The number of nitrogens with one attached hydrogen (secondary N) is 1. The van der Waals surface area contributed by atoms with Crippen LogP contribution in [-0.2, 0) is 21.7 Å². The maximum Gasteiger partial charge on any atom is 0.490 e. The fraction of sp³-hybridized carbons (Fsp3) is 0.357. The van der Waals surface area contributed by atoms with Crippen molar-refractivity contribution in [1.29, 1.82) is 0 Å². The number of carboxylic acid groups (broad SMARTS) is 1. The van der Waals surface area contributed by atoms with Gasteiger partial charge in [0.1, 0.15) is 5.82 Å². The van der Waals surface area contributed by atoms with Crippen LogP contribution in [0.15, 0.2) is 55.0 Å². The Morgan fingerprint density at radius 1 is 0.977 bits per heavy atom. The van der Waals surface area contributed by atoms with Gasteiger partial charge in [0.25, 0.3) is 6.43 Å². The fourth-order valence-electron chi connectivity index (χ4n) is 5.34. The van der Waals surface area contributed by atoms with Crippen molar-refractivity contribution in [2.24, 2.45) is 5.41 Å². The van der Waals surface area contributed by atoms with Crippen LogP contribution in [0.1, 0.15) is 23.7 Å². The fourth-order valence-corrected chi connectivity index (χ4v) is 5.34. The molecule has 1 atom stereocenters. The van der Waals surface area contributed by atoms with E-state index >= 15 is 0 Å². The van der Waals surface area contributed by atoms with E-state index in [0.717, 1.165) is 56.5 Å². The van der Waals surface area contributed by atoms with Gasteiger partial charge in [0, 0.05) is 57.3 Å². The molecule has 1 aromatic carbocycles. The second-order valence-electron chi connectivity index (χ2n) is 10.6. The molecule has 8 nitrogen and oxygen atoms in total. The zero-order valence-corrected chi connectivity index (χ0v) is 22.9. The minimum Gasteiger partial charge on any atom is -0.475 e. The van der Waals surface area contributed by atoms with Crippen molar-refractivity contribution in [3.05, 3.63) is 89.3 Å². The summed E-state index contributed by atoms with van der Waals surface area (Å²) < 4.78 is 102. The van der Waals surface area contributed by atoms with Gasteiger partial charge in [-0.3, -0.25) is 19.7 Å². The minimum absolute atomic E-state index is 0.128. The van der Waals surface area contributed by atoms with E-state index in [-0.39, 0.29) is 22.5 Å². The molecule has 2 fully saturated rings. The molecule has 5 rings (SSSR count). The first kappa shape index (κ1) is 32.6. The third kappa shape index (κ3) is 6.90. The molecule has 0 saturated carbocycles. The molecule has 16 heteroatoms. The Morgan fingerprint density at radius 2 is 1.64 bits per heavy atom. The standard InChI is InChI=1S/C26H24F5N5O.C2HF3O2/c1-16(37)34-26(24(30)31,18-3-4-21(28)22(29)6-18)23-5-2-17(8-33-23)11-35-12-25(13-35)14-36(15-25)20-7-19(27)9-32-10-20;3-2(4,5)1(6)7/h2-10,24H,11-15H2,1H3,(H,34,37);(H,6,7)/t26-;/m0./s1. The molecule has 1 amide bonds. The van der Waals surface area contributed by atoms with Crippen LogP contribution in [-0.4, -0.2) is 70.6 Å². The summed E-state index contributed by atoms with van der Waals surface area (Å²) in [5.41, 5.74) is -1.29. The van der Waals surface area contributed by atoms with Gasteiger partial charge >= 0.3 is 12.1 Å². The van der Waals surface area contributed by atoms with Gasteiger partial charge in [-0.05, 0) is 29.3 Å². The number of carbonyl (C=O) groups excluding carboxylic acids is 1. The second kappa shape index (κ2) is 12.3. The summed E-state index contributed by atoms with van der Waals surface area (Å²) in [4.78, 5) is 33.1. The molecule has 0 aliphatic carbocycles. The van der Waals surface area contributed by atoms with Crippen LogP contribution in [0.2, 0.25) is 0 Å². The third-order valence-electron chi connectivity index (χ3n) is 7.18. The van der Waals surface area contributed by atoms with Crippen LogP contribution in [0.25, 0.3) is 0 Å². The molecule has 0 unspecified atom stereocenters. The van der Waals surface area contributed by atoms with Crippen molar-refractivity contribution in [2.75, 3.05) is 31.1 Å². The number of amides is 1. The van der Waals surface area contributed by atoms with Crippen LogP contribution in [0.4, 0.5) is 40.8 Å². The topological polar surface area (TPSA) is 98.7 Å². The summed E-state index contributed by atoms with van der Waals surface area (Å²) in [5.74, 6) is -6.40. The van der Waals surface area contributed by atoms with Gasteiger partial charge in [0.05, 0.1) is 23.8 Å². The number of likely N-dealkylation sites (tertiary alicyclic amines) is 1. The van der Waals surface area contributed by atoms with Gasteiger partial charge in [0.2, 0.25) is 5.91 Å². The summed E-state index contributed by atoms with van der Waals surface area (Å²) in [6.07, 6.45) is -4.02. The summed E-state index contributed by atoms with van der Waals surface area (Å²) in [7, 11) is 0. The lowest BCUT2D eigenvalue weighted by molar-refractivity contribution is -0.192. The van der Waals surface area contributed by atoms with Crippen LogP contribution < -0.4 is 10.2 Å². The summed E-state index contributed by atoms with van der Waals surface area (Å²) in [5, 5.41) is 9.34. The minimum atomic E-state index is -5.08. The lowest BCUT2D eigenvalue weighted by atomic mass is 9.72. The number of aromatic nitrogens is 2. The van der Waals surface area contributed by atoms with Gasteiger partial charge in [-0.2, -0.15) is 13.2 Å². The first-order chi connectivity index (χ1) is 20.5. The first-order valence-electron chi connectivity index (χ1n) is 12.9. The first-order valence-corrected chi connectivity index (χ1v) is 12.9. The predicted octanol–water partition coefficient (Wildman–Crippen LogP) is 4.49. The van der Waals surface area contributed by atoms with Gasteiger partial charge in [-0.1, -0.05) is 12.1 Å². The maximum absolute atomic E-state index is 14.5. The molecule has 0 bridgehead atoms. The van der Waals surface area contributed by atoms with Gasteiger partial charge in [-0.25, -0.2) is 26.7 Å². The molecule has 236 valence electrons. The molecule has 2 N–H and O–H groups in total. The number of hydrogen-bond donors (Lipinski definition) is 2. The molecule has 1 spiro atoms. The zero-order chi connectivity index (χ0) is 32.4. The number of pyridine rings is 2. The Morgan fingerprint density at radius 3 is 2.14 bits per heavy atom. The van der Waals surface area contributed by atoms with Crippen LogP contribution >= 0.6 is 0 Å². The molecule has 2 saturated heterocycles. The summed E-state index contributed by atoms with van der Waals surface area (Å²) in [6.45, 7) is 4.87. The number of halogens is 8. The number of benzene rings is 1. The highest BCUT2D eigenvalue weighted by Crippen LogP contribution is 2.42. The highest BCUT2D eigenvalue weighted by molar-refractivity contribution is 5.75. The molecular weight excluding hydrogens is 606 g/mol. The monoisotopic (exact) mass is 631 g/mol. The number of aliphatic carboxylic acids is 1. The Kier molecular flexibility index (Phi) is 9.13. The lowest BCUT2D eigenvalue weighted by Gasteiger charge is -2.61. The number of alkyl halides is 5. The Bertz CT molecular complexity index is 1510. The van der Waals surface area contributed by atoms with Crippen molar-refractivity contribution in [3.63, 3.8) is 0 Å². The molecule has 44 heavy (non-hydrogen) atoms. The predicted molar refractivity (Wildman–Crippen MR) is 139 cm³/mol. The summed E-state index contributed by atoms with van der Waals surface area (Å²) in [6, 6.07) is 6.87. The van der Waals surface area contributed by atoms with Crippen molar-refractivity contribution < 1.29 is 49.8 Å². The normalized spacial score (nSPS) is 17.2. The number of anilines is 1. The average molecular weight is 632 g/mol. The molecule has 2 aliphatic rings. The van der Waals surface area contributed by atoms with Crippen molar-refractivity contribution in [2.45, 2.75) is 31.6 Å². The van der Waals surface area contributed by atoms with E-state index < -0.39 is 41.7 Å². The van der Waals surface area contributed by atoms with Gasteiger partial charge in [-0.15, -0.1) is 0 Å². The molecule has 2 aromatic heterocycles.